The number of Topliss-reactive ketones (excluding diaryl/α,β-unsaturated/α-hetero) is 1. The van der Waals surface area contributed by atoms with Gasteiger partial charge in [0.2, 0.25) is 0 Å². The Bertz CT molecular complexity index is 186. The highest BCUT2D eigenvalue weighted by atomic mass is 16.1. The highest BCUT2D eigenvalue weighted by Gasteiger charge is 2.16. The molecule has 1 nitrogen and oxygen atoms in total. The first-order valence-electron chi connectivity index (χ1n) is 7.34. The molecule has 0 heterocycles. The van der Waals surface area contributed by atoms with E-state index in [1.165, 1.54) is 57.8 Å². The lowest BCUT2D eigenvalue weighted by Crippen LogP contribution is -2.04. The minimum absolute atomic E-state index is 0.522. The number of ketones is 1. The Morgan fingerprint density at radius 1 is 1.06 bits per heavy atom. The molecule has 0 aromatic carbocycles. The second-order valence-corrected chi connectivity index (χ2v) is 5.41. The quantitative estimate of drug-likeness (QED) is 0.444. The maximum absolute atomic E-state index is 11.5. The highest BCUT2D eigenvalue weighted by molar-refractivity contribution is 5.78. The maximum atomic E-state index is 11.5. The first-order valence-corrected chi connectivity index (χ1v) is 7.34. The molecule has 0 saturated heterocycles. The van der Waals surface area contributed by atoms with Crippen LogP contribution in [0.5, 0.6) is 0 Å². The van der Waals surface area contributed by atoms with Crippen LogP contribution in [0.3, 0.4) is 0 Å². The molecule has 0 aromatic rings. The lowest BCUT2D eigenvalue weighted by atomic mass is 9.93. The fourth-order valence-electron chi connectivity index (χ4n) is 2.74. The highest BCUT2D eigenvalue weighted by Crippen LogP contribution is 2.25. The zero-order chi connectivity index (χ0) is 11.6. The normalized spacial score (nSPS) is 22.1. The van der Waals surface area contributed by atoms with E-state index in [9.17, 15) is 4.79 Å². The average molecular weight is 224 g/mol. The van der Waals surface area contributed by atoms with Gasteiger partial charge in [-0.05, 0) is 12.3 Å². The van der Waals surface area contributed by atoms with Crippen molar-refractivity contribution in [2.24, 2.45) is 5.92 Å². The molecule has 1 unspecified atom stereocenters. The average Bonchev–Trinajstić information content (AvgIpc) is 2.48. The van der Waals surface area contributed by atoms with Crippen molar-refractivity contribution in [3.8, 4) is 0 Å². The van der Waals surface area contributed by atoms with Crippen molar-refractivity contribution in [3.63, 3.8) is 0 Å². The number of hydrogen-bond donors (Lipinski definition) is 0. The molecule has 1 heteroatoms. The van der Waals surface area contributed by atoms with Gasteiger partial charge >= 0.3 is 0 Å². The second-order valence-electron chi connectivity index (χ2n) is 5.41. The summed E-state index contributed by atoms with van der Waals surface area (Å²) in [5.41, 5.74) is 0. The Kier molecular flexibility index (Phi) is 7.54. The molecule has 1 rings (SSSR count). The van der Waals surface area contributed by atoms with Gasteiger partial charge in [0, 0.05) is 12.8 Å². The molecule has 1 aliphatic rings. The van der Waals surface area contributed by atoms with Crippen LogP contribution >= 0.6 is 0 Å². The summed E-state index contributed by atoms with van der Waals surface area (Å²) in [6, 6.07) is 0. The number of hydrogen-bond acceptors (Lipinski definition) is 1. The molecule has 94 valence electrons. The molecule has 1 saturated carbocycles. The Hall–Kier alpha value is -0.330. The van der Waals surface area contributed by atoms with Gasteiger partial charge in [-0.2, -0.15) is 0 Å². The topological polar surface area (TPSA) is 17.1 Å². The molecule has 1 atom stereocenters. The summed E-state index contributed by atoms with van der Waals surface area (Å²) in [4.78, 5) is 11.5. The molecule has 0 N–H and O–H groups in total. The standard InChI is InChI=1S/C15H28O/c1-2-3-4-5-6-7-10-14-11-8-9-12-15(16)13-14/h14H,2-13H2,1H3. The summed E-state index contributed by atoms with van der Waals surface area (Å²) < 4.78 is 0. The molecular weight excluding hydrogens is 196 g/mol. The molecule has 16 heavy (non-hydrogen) atoms. The fourth-order valence-corrected chi connectivity index (χ4v) is 2.74. The van der Waals surface area contributed by atoms with Gasteiger partial charge < -0.3 is 0 Å². The Morgan fingerprint density at radius 2 is 1.81 bits per heavy atom. The fraction of sp³-hybridized carbons (Fsp3) is 0.933. The van der Waals surface area contributed by atoms with Gasteiger partial charge in [0.25, 0.3) is 0 Å². The maximum Gasteiger partial charge on any atom is 0.133 e. The van der Waals surface area contributed by atoms with E-state index in [0.717, 1.165) is 25.2 Å². The minimum Gasteiger partial charge on any atom is -0.300 e. The van der Waals surface area contributed by atoms with Gasteiger partial charge in [-0.1, -0.05) is 64.7 Å². The summed E-state index contributed by atoms with van der Waals surface area (Å²) in [6.07, 6.45) is 15.0. The van der Waals surface area contributed by atoms with E-state index >= 15 is 0 Å². The number of unbranched alkanes of at least 4 members (excludes halogenated alkanes) is 5. The number of rotatable bonds is 7. The predicted octanol–water partition coefficient (Wildman–Crippen LogP) is 4.89. The van der Waals surface area contributed by atoms with Crippen molar-refractivity contribution >= 4 is 5.78 Å². The zero-order valence-electron chi connectivity index (χ0n) is 11.0. The third-order valence-electron chi connectivity index (χ3n) is 3.80. The molecule has 0 radical (unpaired) electrons. The van der Waals surface area contributed by atoms with Crippen molar-refractivity contribution < 1.29 is 4.79 Å². The van der Waals surface area contributed by atoms with Crippen LogP contribution in [0.4, 0.5) is 0 Å². The lowest BCUT2D eigenvalue weighted by Gasteiger charge is -2.12. The van der Waals surface area contributed by atoms with Crippen LogP contribution in [-0.4, -0.2) is 5.78 Å². The van der Waals surface area contributed by atoms with Crippen molar-refractivity contribution in [2.45, 2.75) is 84.0 Å². The largest absolute Gasteiger partial charge is 0.300 e. The summed E-state index contributed by atoms with van der Waals surface area (Å²) >= 11 is 0. The number of carbonyl (C=O) groups is 1. The Labute approximate surface area is 101 Å². The van der Waals surface area contributed by atoms with Crippen LogP contribution < -0.4 is 0 Å². The van der Waals surface area contributed by atoms with E-state index < -0.39 is 0 Å². The van der Waals surface area contributed by atoms with Crippen LogP contribution in [0.25, 0.3) is 0 Å². The van der Waals surface area contributed by atoms with Crippen LogP contribution in [-0.2, 0) is 4.79 Å². The smallest absolute Gasteiger partial charge is 0.133 e. The van der Waals surface area contributed by atoms with Crippen molar-refractivity contribution in [1.29, 1.82) is 0 Å². The van der Waals surface area contributed by atoms with Crippen LogP contribution in [0.1, 0.15) is 84.0 Å². The summed E-state index contributed by atoms with van der Waals surface area (Å²) in [7, 11) is 0. The lowest BCUT2D eigenvalue weighted by molar-refractivity contribution is -0.119. The molecule has 0 aromatic heterocycles. The van der Waals surface area contributed by atoms with Crippen molar-refractivity contribution in [1.82, 2.24) is 0 Å². The van der Waals surface area contributed by atoms with Gasteiger partial charge in [0.1, 0.15) is 5.78 Å². The van der Waals surface area contributed by atoms with Crippen LogP contribution in [0.2, 0.25) is 0 Å². The first kappa shape index (κ1) is 13.7. The Morgan fingerprint density at radius 3 is 2.62 bits per heavy atom. The third kappa shape index (κ3) is 6.30. The molecule has 1 fully saturated rings. The second kappa shape index (κ2) is 8.78. The van der Waals surface area contributed by atoms with Gasteiger partial charge in [0.15, 0.2) is 0 Å². The van der Waals surface area contributed by atoms with E-state index in [1.54, 1.807) is 0 Å². The molecule has 1 aliphatic carbocycles. The van der Waals surface area contributed by atoms with Gasteiger partial charge in [-0.15, -0.1) is 0 Å². The van der Waals surface area contributed by atoms with E-state index in [1.807, 2.05) is 0 Å². The van der Waals surface area contributed by atoms with Crippen molar-refractivity contribution in [3.05, 3.63) is 0 Å². The van der Waals surface area contributed by atoms with Gasteiger partial charge in [0.05, 0.1) is 0 Å². The summed E-state index contributed by atoms with van der Waals surface area (Å²) in [5, 5.41) is 0. The van der Waals surface area contributed by atoms with Crippen LogP contribution in [0, 0.1) is 5.92 Å². The zero-order valence-corrected chi connectivity index (χ0v) is 11.0. The van der Waals surface area contributed by atoms with E-state index in [2.05, 4.69) is 6.92 Å². The predicted molar refractivity (Wildman–Crippen MR) is 69.6 cm³/mol. The summed E-state index contributed by atoms with van der Waals surface area (Å²) in [5.74, 6) is 1.25. The van der Waals surface area contributed by atoms with E-state index in [0.29, 0.717) is 5.78 Å². The summed E-state index contributed by atoms with van der Waals surface area (Å²) in [6.45, 7) is 2.26. The molecule has 0 amide bonds. The third-order valence-corrected chi connectivity index (χ3v) is 3.80. The molecule has 0 bridgehead atoms. The molecular formula is C15H28O. The van der Waals surface area contributed by atoms with E-state index in [4.69, 9.17) is 0 Å². The van der Waals surface area contributed by atoms with E-state index in [-0.39, 0.29) is 0 Å². The van der Waals surface area contributed by atoms with Crippen LogP contribution in [0.15, 0.2) is 0 Å². The van der Waals surface area contributed by atoms with Crippen molar-refractivity contribution in [2.75, 3.05) is 0 Å². The van der Waals surface area contributed by atoms with Gasteiger partial charge in [-0.3, -0.25) is 4.79 Å². The first-order chi connectivity index (χ1) is 7.83. The molecule has 0 aliphatic heterocycles. The molecule has 0 spiro atoms. The number of carbonyl (C=O) groups excluding carboxylic acids is 1. The minimum atomic E-state index is 0.522. The van der Waals surface area contributed by atoms with Gasteiger partial charge in [-0.25, -0.2) is 0 Å². The Balaban J connectivity index is 2.00. The SMILES string of the molecule is CCCCCCCCC1CCCCC(=O)C1. The monoisotopic (exact) mass is 224 g/mol.